The maximum Gasteiger partial charge on any atom is 0.261 e. The Morgan fingerprint density at radius 3 is 2.51 bits per heavy atom. The molecule has 3 aromatic rings. The lowest BCUT2D eigenvalue weighted by molar-refractivity contribution is -0.135. The molecule has 0 atom stereocenters. The molecule has 186 valence electrons. The van der Waals surface area contributed by atoms with E-state index in [4.69, 9.17) is 21.4 Å². The fourth-order valence-electron chi connectivity index (χ4n) is 4.55. The molecule has 0 bridgehead atoms. The van der Waals surface area contributed by atoms with Crippen LogP contribution in [0.3, 0.4) is 0 Å². The van der Waals surface area contributed by atoms with E-state index < -0.39 is 0 Å². The van der Waals surface area contributed by atoms with Crippen LogP contribution in [0.4, 0.5) is 0 Å². The Balaban J connectivity index is 1.59. The van der Waals surface area contributed by atoms with Gasteiger partial charge in [0.05, 0.1) is 23.6 Å². The molecule has 0 spiro atoms. The van der Waals surface area contributed by atoms with Crippen LogP contribution in [0.2, 0.25) is 5.02 Å². The summed E-state index contributed by atoms with van der Waals surface area (Å²) in [6.45, 7) is 11.8. The third kappa shape index (κ3) is 6.06. The lowest BCUT2D eigenvalue weighted by Gasteiger charge is -2.29. The Morgan fingerprint density at radius 1 is 1.14 bits per heavy atom. The molecule has 1 aromatic heterocycles. The first-order valence-corrected chi connectivity index (χ1v) is 12.8. The number of hydrogen-bond donors (Lipinski definition) is 0. The van der Waals surface area contributed by atoms with Gasteiger partial charge in [-0.15, -0.1) is 0 Å². The standard InChI is InChI=1S/C28H35ClN4O2/c1-5-15-31-16-14-27-25(17-31)26(30-33(27)23-10-6-21(4)7-11-23)18-32(20(2)3)28(34)19-35-24-12-8-22(29)9-13-24/h6-13,20H,5,14-19H2,1-4H3. The van der Waals surface area contributed by atoms with E-state index in [0.29, 0.717) is 17.3 Å². The monoisotopic (exact) mass is 494 g/mol. The number of ether oxygens (including phenoxy) is 1. The molecule has 2 heterocycles. The van der Waals surface area contributed by atoms with Gasteiger partial charge in [0.2, 0.25) is 0 Å². The number of nitrogens with zero attached hydrogens (tertiary/aromatic N) is 4. The van der Waals surface area contributed by atoms with E-state index >= 15 is 0 Å². The van der Waals surface area contributed by atoms with Crippen LogP contribution in [0.5, 0.6) is 5.75 Å². The predicted molar refractivity (Wildman–Crippen MR) is 140 cm³/mol. The number of aryl methyl sites for hydroxylation is 1. The van der Waals surface area contributed by atoms with Gasteiger partial charge in [0.1, 0.15) is 5.75 Å². The van der Waals surface area contributed by atoms with Crippen LogP contribution >= 0.6 is 11.6 Å². The zero-order valence-electron chi connectivity index (χ0n) is 21.1. The van der Waals surface area contributed by atoms with Crippen molar-refractivity contribution in [3.05, 3.63) is 76.1 Å². The second kappa shape index (κ2) is 11.3. The largest absolute Gasteiger partial charge is 0.484 e. The Labute approximate surface area is 213 Å². The molecule has 0 N–H and O–H groups in total. The summed E-state index contributed by atoms with van der Waals surface area (Å²) < 4.78 is 7.84. The molecule has 1 aliphatic rings. The van der Waals surface area contributed by atoms with Crippen molar-refractivity contribution in [3.8, 4) is 11.4 Å². The zero-order chi connectivity index (χ0) is 24.9. The molecule has 1 amide bonds. The predicted octanol–water partition coefficient (Wildman–Crippen LogP) is 5.42. The average molecular weight is 495 g/mol. The maximum atomic E-state index is 13.2. The van der Waals surface area contributed by atoms with Crippen LogP contribution in [0, 0.1) is 6.92 Å². The first kappa shape index (κ1) is 25.3. The Bertz CT molecular complexity index is 1140. The second-order valence-corrected chi connectivity index (χ2v) is 9.94. The molecule has 0 aliphatic carbocycles. The van der Waals surface area contributed by atoms with E-state index in [0.717, 1.165) is 43.9 Å². The SMILES string of the molecule is CCCN1CCc2c(c(CN(C(=O)COc3ccc(Cl)cc3)C(C)C)nn2-c2ccc(C)cc2)C1. The molecule has 6 nitrogen and oxygen atoms in total. The van der Waals surface area contributed by atoms with Crippen LogP contribution < -0.4 is 4.74 Å². The topological polar surface area (TPSA) is 50.6 Å². The minimum absolute atomic E-state index is 0.0202. The van der Waals surface area contributed by atoms with Crippen molar-refractivity contribution in [3.63, 3.8) is 0 Å². The van der Waals surface area contributed by atoms with Gasteiger partial charge in [0.25, 0.3) is 5.91 Å². The minimum atomic E-state index is -0.0604. The Hall–Kier alpha value is -2.83. The van der Waals surface area contributed by atoms with Gasteiger partial charge in [-0.05, 0) is 70.1 Å². The van der Waals surface area contributed by atoms with Crippen LogP contribution in [-0.4, -0.2) is 51.2 Å². The first-order chi connectivity index (χ1) is 16.9. The molecule has 7 heteroatoms. The van der Waals surface area contributed by atoms with Gasteiger partial charge in [-0.25, -0.2) is 4.68 Å². The number of aromatic nitrogens is 2. The summed E-state index contributed by atoms with van der Waals surface area (Å²) >= 11 is 5.96. The summed E-state index contributed by atoms with van der Waals surface area (Å²) in [4.78, 5) is 17.6. The molecule has 0 saturated heterocycles. The highest BCUT2D eigenvalue weighted by atomic mass is 35.5. The Morgan fingerprint density at radius 2 is 1.86 bits per heavy atom. The number of fused-ring (bicyclic) bond motifs is 1. The van der Waals surface area contributed by atoms with Crippen LogP contribution in [0.25, 0.3) is 5.69 Å². The van der Waals surface area contributed by atoms with E-state index in [1.165, 1.54) is 16.8 Å². The van der Waals surface area contributed by atoms with Crippen molar-refractivity contribution in [2.45, 2.75) is 59.7 Å². The zero-order valence-corrected chi connectivity index (χ0v) is 21.9. The number of carbonyl (C=O) groups excluding carboxylic acids is 1. The lowest BCUT2D eigenvalue weighted by Crippen LogP contribution is -2.40. The fourth-order valence-corrected chi connectivity index (χ4v) is 4.68. The van der Waals surface area contributed by atoms with Gasteiger partial charge in [0, 0.05) is 36.1 Å². The smallest absolute Gasteiger partial charge is 0.261 e. The molecule has 2 aromatic carbocycles. The van der Waals surface area contributed by atoms with E-state index in [1.807, 2.05) is 18.7 Å². The lowest BCUT2D eigenvalue weighted by atomic mass is 10.0. The highest BCUT2D eigenvalue weighted by molar-refractivity contribution is 6.30. The molecule has 0 unspecified atom stereocenters. The van der Waals surface area contributed by atoms with Gasteiger partial charge in [-0.2, -0.15) is 5.10 Å². The number of amides is 1. The highest BCUT2D eigenvalue weighted by Crippen LogP contribution is 2.27. The average Bonchev–Trinajstić information content (AvgIpc) is 3.20. The van der Waals surface area contributed by atoms with Crippen molar-refractivity contribution >= 4 is 17.5 Å². The summed E-state index contributed by atoms with van der Waals surface area (Å²) in [5.41, 5.74) is 5.76. The van der Waals surface area contributed by atoms with Crippen molar-refractivity contribution in [1.82, 2.24) is 19.6 Å². The number of hydrogen-bond acceptors (Lipinski definition) is 4. The number of rotatable bonds is 9. The van der Waals surface area contributed by atoms with Crippen molar-refractivity contribution < 1.29 is 9.53 Å². The summed E-state index contributed by atoms with van der Waals surface area (Å²) in [7, 11) is 0. The van der Waals surface area contributed by atoms with Crippen LogP contribution in [-0.2, 0) is 24.3 Å². The van der Waals surface area contributed by atoms with Gasteiger partial charge >= 0.3 is 0 Å². The molecule has 1 aliphatic heterocycles. The van der Waals surface area contributed by atoms with Crippen LogP contribution in [0.15, 0.2) is 48.5 Å². The molecular formula is C28H35ClN4O2. The summed E-state index contributed by atoms with van der Waals surface area (Å²) in [6, 6.07) is 15.6. The quantitative estimate of drug-likeness (QED) is 0.398. The van der Waals surface area contributed by atoms with Gasteiger partial charge < -0.3 is 9.64 Å². The van der Waals surface area contributed by atoms with Gasteiger partial charge in [-0.1, -0.05) is 36.2 Å². The molecular weight excluding hydrogens is 460 g/mol. The summed E-state index contributed by atoms with van der Waals surface area (Å²) in [5, 5.41) is 5.70. The Kier molecular flexibility index (Phi) is 8.14. The second-order valence-electron chi connectivity index (χ2n) is 9.50. The number of benzene rings is 2. The van der Waals surface area contributed by atoms with E-state index in [-0.39, 0.29) is 18.6 Å². The summed E-state index contributed by atoms with van der Waals surface area (Å²) in [6.07, 6.45) is 2.07. The van der Waals surface area contributed by atoms with Crippen LogP contribution in [0.1, 0.15) is 49.7 Å². The van der Waals surface area contributed by atoms with E-state index in [1.54, 1.807) is 24.3 Å². The molecule has 4 rings (SSSR count). The van der Waals surface area contributed by atoms with Gasteiger partial charge in [0.15, 0.2) is 6.61 Å². The molecule has 0 saturated carbocycles. The molecule has 0 fully saturated rings. The molecule has 0 radical (unpaired) electrons. The third-order valence-electron chi connectivity index (χ3n) is 6.48. The maximum absolute atomic E-state index is 13.2. The van der Waals surface area contributed by atoms with Crippen molar-refractivity contribution in [2.24, 2.45) is 0 Å². The van der Waals surface area contributed by atoms with Crippen molar-refractivity contribution in [1.29, 1.82) is 0 Å². The summed E-state index contributed by atoms with van der Waals surface area (Å²) in [5.74, 6) is 0.567. The third-order valence-corrected chi connectivity index (χ3v) is 6.73. The van der Waals surface area contributed by atoms with E-state index in [2.05, 4.69) is 47.7 Å². The first-order valence-electron chi connectivity index (χ1n) is 12.4. The fraction of sp³-hybridized carbons (Fsp3) is 0.429. The molecule has 35 heavy (non-hydrogen) atoms. The number of halogens is 1. The normalized spacial score (nSPS) is 13.7. The van der Waals surface area contributed by atoms with Crippen molar-refractivity contribution in [2.75, 3.05) is 19.7 Å². The minimum Gasteiger partial charge on any atom is -0.484 e. The van der Waals surface area contributed by atoms with E-state index in [9.17, 15) is 4.79 Å². The number of carbonyl (C=O) groups is 1. The highest BCUT2D eigenvalue weighted by Gasteiger charge is 2.28. The van der Waals surface area contributed by atoms with Gasteiger partial charge in [-0.3, -0.25) is 9.69 Å².